The summed E-state index contributed by atoms with van der Waals surface area (Å²) < 4.78 is 18.9. The molecule has 0 bridgehead atoms. The van der Waals surface area contributed by atoms with Crippen LogP contribution in [0.25, 0.3) is 0 Å². The molecule has 0 spiro atoms. The van der Waals surface area contributed by atoms with E-state index in [1.807, 2.05) is 30.3 Å². The van der Waals surface area contributed by atoms with Gasteiger partial charge in [0, 0.05) is 0 Å². The molecule has 0 amide bonds. The third-order valence-corrected chi connectivity index (χ3v) is 3.28. The number of benzene rings is 2. The van der Waals surface area contributed by atoms with Gasteiger partial charge in [-0.25, -0.2) is 4.39 Å². The van der Waals surface area contributed by atoms with Gasteiger partial charge in [0.2, 0.25) is 0 Å². The number of nitrogens with zero attached hydrogens (tertiary/aromatic N) is 1. The van der Waals surface area contributed by atoms with Crippen LogP contribution in [0.1, 0.15) is 37.5 Å². The average molecular weight is 283 g/mol. The van der Waals surface area contributed by atoms with Gasteiger partial charge < -0.3 is 4.74 Å². The summed E-state index contributed by atoms with van der Waals surface area (Å²) in [6, 6.07) is 14.2. The van der Waals surface area contributed by atoms with Crippen molar-refractivity contribution in [2.24, 2.45) is 0 Å². The van der Waals surface area contributed by atoms with E-state index < -0.39 is 5.82 Å². The second kappa shape index (κ2) is 5.97. The number of nitriles is 1. The topological polar surface area (TPSA) is 33.0 Å². The van der Waals surface area contributed by atoms with E-state index in [9.17, 15) is 4.39 Å². The monoisotopic (exact) mass is 283 g/mol. The van der Waals surface area contributed by atoms with Crippen LogP contribution >= 0.6 is 0 Å². The second-order valence-electron chi connectivity index (χ2n) is 5.99. The van der Waals surface area contributed by atoms with Crippen LogP contribution in [-0.2, 0) is 12.0 Å². The Hall–Kier alpha value is -2.34. The minimum absolute atomic E-state index is 0.0409. The zero-order valence-electron chi connectivity index (χ0n) is 12.5. The largest absolute Gasteiger partial charge is 0.489 e. The van der Waals surface area contributed by atoms with Crippen molar-refractivity contribution < 1.29 is 9.13 Å². The molecule has 2 aromatic rings. The van der Waals surface area contributed by atoms with Crippen LogP contribution in [0, 0.1) is 17.1 Å². The van der Waals surface area contributed by atoms with E-state index in [2.05, 4.69) is 20.8 Å². The number of hydrogen-bond donors (Lipinski definition) is 0. The minimum atomic E-state index is -0.504. The molecule has 0 aromatic heterocycles. The number of halogens is 1. The van der Waals surface area contributed by atoms with Gasteiger partial charge in [0.25, 0.3) is 0 Å². The van der Waals surface area contributed by atoms with Crippen LogP contribution in [0.5, 0.6) is 5.75 Å². The smallest absolute Gasteiger partial charge is 0.140 e. The highest BCUT2D eigenvalue weighted by atomic mass is 19.1. The molecule has 3 heteroatoms. The highest BCUT2D eigenvalue weighted by Crippen LogP contribution is 2.24. The highest BCUT2D eigenvalue weighted by molar-refractivity contribution is 5.35. The maximum absolute atomic E-state index is 13.2. The molecule has 0 atom stereocenters. The first-order valence-electron chi connectivity index (χ1n) is 6.82. The van der Waals surface area contributed by atoms with Crippen molar-refractivity contribution in [2.75, 3.05) is 0 Å². The first-order chi connectivity index (χ1) is 9.90. The van der Waals surface area contributed by atoms with Crippen molar-refractivity contribution >= 4 is 0 Å². The molecule has 2 rings (SSSR count). The summed E-state index contributed by atoms with van der Waals surface area (Å²) in [5.74, 6) is 0.251. The fourth-order valence-electron chi connectivity index (χ4n) is 1.97. The zero-order valence-corrected chi connectivity index (χ0v) is 12.5. The molecule has 21 heavy (non-hydrogen) atoms. The Labute approximate surface area is 124 Å². The molecule has 0 fully saturated rings. The summed E-state index contributed by atoms with van der Waals surface area (Å²) in [6.07, 6.45) is 0. The summed E-state index contributed by atoms with van der Waals surface area (Å²) >= 11 is 0. The normalized spacial score (nSPS) is 11.0. The molecule has 2 aromatic carbocycles. The van der Waals surface area contributed by atoms with Crippen molar-refractivity contribution in [1.29, 1.82) is 5.26 Å². The van der Waals surface area contributed by atoms with Crippen LogP contribution in [-0.4, -0.2) is 0 Å². The van der Waals surface area contributed by atoms with E-state index in [4.69, 9.17) is 10.00 Å². The Morgan fingerprint density at radius 3 is 2.33 bits per heavy atom. The van der Waals surface area contributed by atoms with E-state index in [-0.39, 0.29) is 11.0 Å². The van der Waals surface area contributed by atoms with Gasteiger partial charge in [-0.05, 0) is 40.8 Å². The summed E-state index contributed by atoms with van der Waals surface area (Å²) in [6.45, 7) is 6.78. The summed E-state index contributed by atoms with van der Waals surface area (Å²) in [4.78, 5) is 0. The van der Waals surface area contributed by atoms with Crippen molar-refractivity contribution in [1.82, 2.24) is 0 Å². The Balaban J connectivity index is 2.05. The summed E-state index contributed by atoms with van der Waals surface area (Å²) in [5.41, 5.74) is 2.16. The first-order valence-corrected chi connectivity index (χ1v) is 6.82. The average Bonchev–Trinajstić information content (AvgIpc) is 2.46. The van der Waals surface area contributed by atoms with Gasteiger partial charge >= 0.3 is 0 Å². The van der Waals surface area contributed by atoms with E-state index in [1.54, 1.807) is 6.07 Å². The van der Waals surface area contributed by atoms with E-state index >= 15 is 0 Å². The van der Waals surface area contributed by atoms with Gasteiger partial charge in [0.05, 0.1) is 5.56 Å². The fourth-order valence-corrected chi connectivity index (χ4v) is 1.97. The lowest BCUT2D eigenvalue weighted by Crippen LogP contribution is -2.10. The molecule has 0 saturated carbocycles. The molecule has 2 nitrogen and oxygen atoms in total. The van der Waals surface area contributed by atoms with Crippen LogP contribution < -0.4 is 4.74 Å². The Bertz CT molecular complexity index is 663. The lowest BCUT2D eigenvalue weighted by Gasteiger charge is -2.19. The molecule has 108 valence electrons. The number of rotatable bonds is 3. The lowest BCUT2D eigenvalue weighted by molar-refractivity contribution is 0.306. The molecule has 0 heterocycles. The van der Waals surface area contributed by atoms with Crippen LogP contribution in [0.4, 0.5) is 4.39 Å². The van der Waals surface area contributed by atoms with Crippen LogP contribution in [0.2, 0.25) is 0 Å². The first kappa shape index (κ1) is 15.1. The summed E-state index contributed by atoms with van der Waals surface area (Å²) in [7, 11) is 0. The third kappa shape index (κ3) is 3.82. The second-order valence-corrected chi connectivity index (χ2v) is 5.99. The number of ether oxygens (including phenoxy) is 1. The van der Waals surface area contributed by atoms with Crippen LogP contribution in [0.3, 0.4) is 0 Å². The predicted octanol–water partition coefficient (Wildman–Crippen LogP) is 4.57. The molecule has 0 unspecified atom stereocenters. The predicted molar refractivity (Wildman–Crippen MR) is 80.6 cm³/mol. The standard InChI is InChI=1S/C18H18FNO/c1-18(2,3)15-5-7-16(8-6-15)21-12-13-4-9-17(19)14(10-13)11-20/h4-10H,12H2,1-3H3. The molecule has 0 N–H and O–H groups in total. The molecule has 0 aliphatic carbocycles. The van der Waals surface area contributed by atoms with Gasteiger partial charge in [-0.2, -0.15) is 5.26 Å². The van der Waals surface area contributed by atoms with Crippen molar-refractivity contribution in [3.63, 3.8) is 0 Å². The van der Waals surface area contributed by atoms with Gasteiger partial charge in [-0.3, -0.25) is 0 Å². The maximum Gasteiger partial charge on any atom is 0.140 e. The van der Waals surface area contributed by atoms with Gasteiger partial charge in [-0.15, -0.1) is 0 Å². The Morgan fingerprint density at radius 2 is 1.76 bits per heavy atom. The highest BCUT2D eigenvalue weighted by Gasteiger charge is 2.13. The van der Waals surface area contributed by atoms with Crippen molar-refractivity contribution in [2.45, 2.75) is 32.8 Å². The molecule has 0 saturated heterocycles. The number of hydrogen-bond acceptors (Lipinski definition) is 2. The lowest BCUT2D eigenvalue weighted by atomic mass is 9.87. The zero-order chi connectivity index (χ0) is 15.5. The minimum Gasteiger partial charge on any atom is -0.489 e. The van der Waals surface area contributed by atoms with Gasteiger partial charge in [0.15, 0.2) is 0 Å². The summed E-state index contributed by atoms with van der Waals surface area (Å²) in [5, 5.41) is 8.80. The molecular formula is C18H18FNO. The fraction of sp³-hybridized carbons (Fsp3) is 0.278. The van der Waals surface area contributed by atoms with Crippen molar-refractivity contribution in [3.05, 3.63) is 65.0 Å². The van der Waals surface area contributed by atoms with Gasteiger partial charge in [-0.1, -0.05) is 39.0 Å². The molecule has 0 aliphatic rings. The Kier molecular flexibility index (Phi) is 4.28. The van der Waals surface area contributed by atoms with Crippen LogP contribution in [0.15, 0.2) is 42.5 Å². The quantitative estimate of drug-likeness (QED) is 0.826. The third-order valence-electron chi connectivity index (χ3n) is 3.28. The maximum atomic E-state index is 13.2. The Morgan fingerprint density at radius 1 is 1.10 bits per heavy atom. The SMILES string of the molecule is CC(C)(C)c1ccc(OCc2ccc(F)c(C#N)c2)cc1. The van der Waals surface area contributed by atoms with E-state index in [0.717, 1.165) is 11.3 Å². The molecule has 0 radical (unpaired) electrons. The van der Waals surface area contributed by atoms with Gasteiger partial charge in [0.1, 0.15) is 24.2 Å². The van der Waals surface area contributed by atoms with E-state index in [0.29, 0.717) is 6.61 Å². The molecule has 0 aliphatic heterocycles. The molecular weight excluding hydrogens is 265 g/mol. The van der Waals surface area contributed by atoms with E-state index in [1.165, 1.54) is 17.7 Å². The van der Waals surface area contributed by atoms with Crippen molar-refractivity contribution in [3.8, 4) is 11.8 Å².